The Morgan fingerprint density at radius 3 is 2.80 bits per heavy atom. The Morgan fingerprint density at radius 1 is 1.16 bits per heavy atom. The molecule has 2 aromatic heterocycles. The van der Waals surface area contributed by atoms with Gasteiger partial charge in [-0.1, -0.05) is 0 Å². The first-order valence-corrected chi connectivity index (χ1v) is 8.14. The zero-order valence-electron chi connectivity index (χ0n) is 13.4. The molecule has 1 aliphatic heterocycles. The van der Waals surface area contributed by atoms with E-state index in [1.807, 2.05) is 4.90 Å². The number of rotatable bonds is 1. The van der Waals surface area contributed by atoms with Crippen molar-refractivity contribution in [3.63, 3.8) is 0 Å². The number of nitrogens with zero attached hydrogens (tertiary/aromatic N) is 5. The molecule has 1 aliphatic carbocycles. The van der Waals surface area contributed by atoms with E-state index in [2.05, 4.69) is 19.9 Å². The lowest BCUT2D eigenvalue weighted by atomic mass is 9.77. The van der Waals surface area contributed by atoms with Crippen molar-refractivity contribution in [2.75, 3.05) is 23.7 Å². The fourth-order valence-electron chi connectivity index (χ4n) is 3.91. The van der Waals surface area contributed by atoms with Crippen LogP contribution in [0.4, 0.5) is 25.1 Å². The fraction of sp³-hybridized carbons (Fsp3) is 0.500. The average Bonchev–Trinajstić information content (AvgIpc) is 2.92. The van der Waals surface area contributed by atoms with E-state index in [1.54, 1.807) is 6.20 Å². The summed E-state index contributed by atoms with van der Waals surface area (Å²) in [6.45, 7) is 1.16. The molecule has 9 heteroatoms. The van der Waals surface area contributed by atoms with E-state index in [0.717, 1.165) is 49.2 Å². The Hall–Kier alpha value is -2.45. The van der Waals surface area contributed by atoms with E-state index < -0.39 is 11.9 Å². The SMILES string of the molecule is Nc1ncc2c(n1)C1(CCCN(c3nccc(C(F)(F)F)n3)C1)CC2. The molecule has 1 spiro atoms. The van der Waals surface area contributed by atoms with Crippen LogP contribution in [0.25, 0.3) is 0 Å². The number of hydrogen-bond acceptors (Lipinski definition) is 6. The molecule has 0 bridgehead atoms. The van der Waals surface area contributed by atoms with E-state index in [0.29, 0.717) is 13.1 Å². The van der Waals surface area contributed by atoms with Crippen molar-refractivity contribution < 1.29 is 13.2 Å². The highest BCUT2D eigenvalue weighted by molar-refractivity contribution is 5.42. The maximum atomic E-state index is 12.9. The Morgan fingerprint density at radius 2 is 2.00 bits per heavy atom. The monoisotopic (exact) mass is 350 g/mol. The first-order chi connectivity index (χ1) is 11.9. The van der Waals surface area contributed by atoms with E-state index in [-0.39, 0.29) is 17.3 Å². The highest BCUT2D eigenvalue weighted by atomic mass is 19.4. The Kier molecular flexibility index (Phi) is 3.55. The van der Waals surface area contributed by atoms with Crippen LogP contribution in [0.5, 0.6) is 0 Å². The molecule has 1 saturated heterocycles. The third kappa shape index (κ3) is 2.77. The average molecular weight is 350 g/mol. The third-order valence-electron chi connectivity index (χ3n) is 5.05. The van der Waals surface area contributed by atoms with Crippen molar-refractivity contribution in [1.29, 1.82) is 0 Å². The third-order valence-corrected chi connectivity index (χ3v) is 5.05. The molecule has 1 fully saturated rings. The van der Waals surface area contributed by atoms with Gasteiger partial charge in [0.15, 0.2) is 0 Å². The van der Waals surface area contributed by atoms with Gasteiger partial charge in [-0.15, -0.1) is 0 Å². The van der Waals surface area contributed by atoms with Gasteiger partial charge < -0.3 is 10.6 Å². The van der Waals surface area contributed by atoms with Crippen LogP contribution in [-0.2, 0) is 18.0 Å². The zero-order valence-corrected chi connectivity index (χ0v) is 13.4. The maximum absolute atomic E-state index is 12.9. The number of alkyl halides is 3. The number of hydrogen-bond donors (Lipinski definition) is 1. The Balaban J connectivity index is 1.66. The van der Waals surface area contributed by atoms with Gasteiger partial charge in [0.05, 0.1) is 5.69 Å². The molecule has 2 aromatic rings. The maximum Gasteiger partial charge on any atom is 0.433 e. The quantitative estimate of drug-likeness (QED) is 0.850. The second-order valence-electron chi connectivity index (χ2n) is 6.65. The summed E-state index contributed by atoms with van der Waals surface area (Å²) in [6, 6.07) is 0.891. The van der Waals surface area contributed by atoms with Gasteiger partial charge in [0, 0.05) is 30.9 Å². The van der Waals surface area contributed by atoms with Gasteiger partial charge in [-0.25, -0.2) is 19.9 Å². The summed E-state index contributed by atoms with van der Waals surface area (Å²) in [7, 11) is 0. The lowest BCUT2D eigenvalue weighted by Crippen LogP contribution is -2.46. The number of nitrogen functional groups attached to an aromatic ring is 1. The van der Waals surface area contributed by atoms with Crippen molar-refractivity contribution in [2.24, 2.45) is 0 Å². The normalized spacial score (nSPS) is 23.1. The first kappa shape index (κ1) is 16.0. The van der Waals surface area contributed by atoms with E-state index >= 15 is 0 Å². The number of aryl methyl sites for hydroxylation is 1. The number of halogens is 3. The highest BCUT2D eigenvalue weighted by Crippen LogP contribution is 2.44. The minimum atomic E-state index is -4.48. The van der Waals surface area contributed by atoms with Gasteiger partial charge in [-0.05, 0) is 37.3 Å². The van der Waals surface area contributed by atoms with Gasteiger partial charge in [-0.2, -0.15) is 13.2 Å². The van der Waals surface area contributed by atoms with Gasteiger partial charge in [0.2, 0.25) is 11.9 Å². The lowest BCUT2D eigenvalue weighted by molar-refractivity contribution is -0.141. The number of anilines is 2. The highest BCUT2D eigenvalue weighted by Gasteiger charge is 2.44. The van der Waals surface area contributed by atoms with Gasteiger partial charge >= 0.3 is 6.18 Å². The van der Waals surface area contributed by atoms with Crippen LogP contribution in [0, 0.1) is 0 Å². The minimum absolute atomic E-state index is 0.115. The topological polar surface area (TPSA) is 80.8 Å². The number of piperidine rings is 1. The fourth-order valence-corrected chi connectivity index (χ4v) is 3.91. The molecule has 2 N–H and O–H groups in total. The molecule has 0 aromatic carbocycles. The predicted octanol–water partition coefficient (Wildman–Crippen LogP) is 2.35. The molecule has 6 nitrogen and oxygen atoms in total. The molecule has 1 atom stereocenters. The summed E-state index contributed by atoms with van der Waals surface area (Å²) >= 11 is 0. The summed E-state index contributed by atoms with van der Waals surface area (Å²) in [5, 5.41) is 0. The number of nitrogens with two attached hydrogens (primary N) is 1. The Labute approximate surface area is 142 Å². The van der Waals surface area contributed by atoms with Crippen LogP contribution in [0.2, 0.25) is 0 Å². The van der Waals surface area contributed by atoms with Crippen molar-refractivity contribution >= 4 is 11.9 Å². The molecule has 1 unspecified atom stereocenters. The van der Waals surface area contributed by atoms with Gasteiger partial charge in [-0.3, -0.25) is 0 Å². The van der Waals surface area contributed by atoms with Crippen molar-refractivity contribution in [2.45, 2.75) is 37.3 Å². The molecule has 0 amide bonds. The van der Waals surface area contributed by atoms with Crippen molar-refractivity contribution in [1.82, 2.24) is 19.9 Å². The molecule has 2 aliphatic rings. The molecule has 25 heavy (non-hydrogen) atoms. The summed E-state index contributed by atoms with van der Waals surface area (Å²) in [4.78, 5) is 18.1. The van der Waals surface area contributed by atoms with Crippen LogP contribution < -0.4 is 10.6 Å². The number of aromatic nitrogens is 4. The van der Waals surface area contributed by atoms with Crippen molar-refractivity contribution in [3.05, 3.63) is 35.4 Å². The Bertz CT molecular complexity index is 805. The summed E-state index contributed by atoms with van der Waals surface area (Å²) in [6.07, 6.45) is 1.94. The largest absolute Gasteiger partial charge is 0.433 e. The minimum Gasteiger partial charge on any atom is -0.368 e. The predicted molar refractivity (Wildman–Crippen MR) is 84.9 cm³/mol. The van der Waals surface area contributed by atoms with Crippen LogP contribution in [0.1, 0.15) is 36.2 Å². The van der Waals surface area contributed by atoms with Crippen LogP contribution in [0.3, 0.4) is 0 Å². The molecule has 3 heterocycles. The van der Waals surface area contributed by atoms with Crippen LogP contribution in [-0.4, -0.2) is 33.0 Å². The van der Waals surface area contributed by atoms with Gasteiger partial charge in [0.25, 0.3) is 0 Å². The van der Waals surface area contributed by atoms with E-state index in [1.165, 1.54) is 0 Å². The molecular formula is C16H17F3N6. The molecular weight excluding hydrogens is 333 g/mol. The summed E-state index contributed by atoms with van der Waals surface area (Å²) < 4.78 is 38.8. The van der Waals surface area contributed by atoms with E-state index in [9.17, 15) is 13.2 Å². The smallest absolute Gasteiger partial charge is 0.368 e. The molecule has 0 radical (unpaired) electrons. The second-order valence-corrected chi connectivity index (χ2v) is 6.65. The molecule has 4 rings (SSSR count). The zero-order chi connectivity index (χ0) is 17.7. The molecule has 0 saturated carbocycles. The van der Waals surface area contributed by atoms with Crippen LogP contribution in [0.15, 0.2) is 18.5 Å². The first-order valence-electron chi connectivity index (χ1n) is 8.14. The number of fused-ring (bicyclic) bond motifs is 2. The summed E-state index contributed by atoms with van der Waals surface area (Å²) in [5.41, 5.74) is 6.61. The molecule has 132 valence electrons. The van der Waals surface area contributed by atoms with Crippen LogP contribution >= 0.6 is 0 Å². The standard InChI is InChI=1S/C16H17F3N6/c17-16(18,19)11-3-6-21-14(23-11)25-7-1-4-15(9-25)5-2-10-8-22-13(20)24-12(10)15/h3,6,8H,1-2,4-5,7,9H2,(H2,20,22,24). The lowest BCUT2D eigenvalue weighted by Gasteiger charge is -2.40. The van der Waals surface area contributed by atoms with E-state index in [4.69, 9.17) is 5.73 Å². The second kappa shape index (κ2) is 5.53. The van der Waals surface area contributed by atoms with Crippen molar-refractivity contribution in [3.8, 4) is 0 Å². The summed E-state index contributed by atoms with van der Waals surface area (Å²) in [5.74, 6) is 0.344. The van der Waals surface area contributed by atoms with Gasteiger partial charge in [0.1, 0.15) is 5.69 Å².